The zero-order valence-corrected chi connectivity index (χ0v) is 14.0. The molecule has 0 fully saturated rings. The second-order valence-electron chi connectivity index (χ2n) is 6.20. The van der Waals surface area contributed by atoms with Crippen molar-refractivity contribution in [2.75, 3.05) is 0 Å². The van der Waals surface area contributed by atoms with Crippen LogP contribution in [0.3, 0.4) is 0 Å². The Bertz CT molecular complexity index is 751. The highest BCUT2D eigenvalue weighted by Crippen LogP contribution is 2.29. The van der Waals surface area contributed by atoms with E-state index in [1.165, 1.54) is 5.56 Å². The molecule has 3 rings (SSSR count). The SMILES string of the molecule is C[C@@H](OC(=O)c1cccn1C)C(=O)N[C@H]1CCCc2ccccc21. The highest BCUT2D eigenvalue weighted by atomic mass is 16.5. The van der Waals surface area contributed by atoms with Crippen molar-refractivity contribution >= 4 is 11.9 Å². The number of hydrogen-bond acceptors (Lipinski definition) is 3. The monoisotopic (exact) mass is 326 g/mol. The molecule has 0 radical (unpaired) electrons. The Morgan fingerprint density at radius 3 is 2.79 bits per heavy atom. The molecule has 1 aromatic heterocycles. The standard InChI is InChI=1S/C19H22N2O3/c1-13(24-19(23)17-11-6-12-21(17)2)18(22)20-16-10-5-8-14-7-3-4-9-15(14)16/h3-4,6-7,9,11-13,16H,5,8,10H2,1-2H3,(H,20,22)/t13-,16+/m1/s1. The number of carbonyl (C=O) groups excluding carboxylic acids is 2. The minimum Gasteiger partial charge on any atom is -0.448 e. The van der Waals surface area contributed by atoms with Crippen molar-refractivity contribution in [3.05, 3.63) is 59.4 Å². The summed E-state index contributed by atoms with van der Waals surface area (Å²) in [4.78, 5) is 24.5. The van der Waals surface area contributed by atoms with Crippen LogP contribution in [-0.2, 0) is 23.0 Å². The lowest BCUT2D eigenvalue weighted by Gasteiger charge is -2.27. The molecule has 1 aromatic carbocycles. The van der Waals surface area contributed by atoms with Crippen molar-refractivity contribution < 1.29 is 14.3 Å². The maximum absolute atomic E-state index is 12.4. The summed E-state index contributed by atoms with van der Waals surface area (Å²) in [7, 11) is 1.76. The number of aryl methyl sites for hydroxylation is 2. The Labute approximate surface area is 141 Å². The van der Waals surface area contributed by atoms with Crippen molar-refractivity contribution in [2.45, 2.75) is 38.3 Å². The third kappa shape index (κ3) is 3.35. The van der Waals surface area contributed by atoms with Crippen LogP contribution in [-0.4, -0.2) is 22.5 Å². The number of amides is 1. The lowest BCUT2D eigenvalue weighted by molar-refractivity contribution is -0.130. The molecule has 1 aliphatic rings. The van der Waals surface area contributed by atoms with Crippen LogP contribution >= 0.6 is 0 Å². The molecule has 2 atom stereocenters. The molecule has 2 aromatic rings. The predicted octanol–water partition coefficient (Wildman–Crippen LogP) is 2.76. The van der Waals surface area contributed by atoms with E-state index in [2.05, 4.69) is 17.4 Å². The van der Waals surface area contributed by atoms with E-state index in [4.69, 9.17) is 4.74 Å². The van der Waals surface area contributed by atoms with Crippen molar-refractivity contribution in [1.82, 2.24) is 9.88 Å². The Morgan fingerprint density at radius 1 is 1.25 bits per heavy atom. The molecule has 24 heavy (non-hydrogen) atoms. The summed E-state index contributed by atoms with van der Waals surface area (Å²) >= 11 is 0. The molecule has 1 amide bonds. The zero-order chi connectivity index (χ0) is 17.1. The van der Waals surface area contributed by atoms with Gasteiger partial charge in [-0.3, -0.25) is 4.79 Å². The lowest BCUT2D eigenvalue weighted by atomic mass is 9.87. The summed E-state index contributed by atoms with van der Waals surface area (Å²) in [6.07, 6.45) is 3.92. The van der Waals surface area contributed by atoms with E-state index in [1.54, 1.807) is 36.9 Å². The second-order valence-corrected chi connectivity index (χ2v) is 6.20. The molecule has 0 spiro atoms. The van der Waals surface area contributed by atoms with Gasteiger partial charge in [0.05, 0.1) is 6.04 Å². The molecule has 0 aliphatic heterocycles. The largest absolute Gasteiger partial charge is 0.448 e. The zero-order valence-electron chi connectivity index (χ0n) is 14.0. The molecular formula is C19H22N2O3. The molecule has 5 heteroatoms. The first-order valence-corrected chi connectivity index (χ1v) is 8.26. The van der Waals surface area contributed by atoms with Gasteiger partial charge < -0.3 is 14.6 Å². The van der Waals surface area contributed by atoms with Gasteiger partial charge in [-0.1, -0.05) is 24.3 Å². The highest BCUT2D eigenvalue weighted by molar-refractivity contribution is 5.91. The summed E-state index contributed by atoms with van der Waals surface area (Å²) < 4.78 is 6.97. The normalized spacial score (nSPS) is 17.7. The van der Waals surface area contributed by atoms with E-state index in [1.807, 2.05) is 12.1 Å². The molecule has 1 N–H and O–H groups in total. The summed E-state index contributed by atoms with van der Waals surface area (Å²) in [5.41, 5.74) is 2.87. The molecule has 0 saturated carbocycles. The van der Waals surface area contributed by atoms with Crippen LogP contribution in [0.4, 0.5) is 0 Å². The minimum atomic E-state index is -0.832. The van der Waals surface area contributed by atoms with Gasteiger partial charge in [0.25, 0.3) is 5.91 Å². The van der Waals surface area contributed by atoms with Gasteiger partial charge in [0.2, 0.25) is 0 Å². The molecular weight excluding hydrogens is 304 g/mol. The van der Waals surface area contributed by atoms with Gasteiger partial charge in [-0.15, -0.1) is 0 Å². The Kier molecular flexibility index (Phi) is 4.69. The number of nitrogens with one attached hydrogen (secondary N) is 1. The maximum atomic E-state index is 12.4. The van der Waals surface area contributed by atoms with E-state index in [-0.39, 0.29) is 11.9 Å². The number of ether oxygens (including phenoxy) is 1. The number of carbonyl (C=O) groups is 2. The first kappa shape index (κ1) is 16.3. The predicted molar refractivity (Wildman–Crippen MR) is 90.6 cm³/mol. The van der Waals surface area contributed by atoms with Gasteiger partial charge >= 0.3 is 5.97 Å². The van der Waals surface area contributed by atoms with E-state index < -0.39 is 12.1 Å². The summed E-state index contributed by atoms with van der Waals surface area (Å²) in [6, 6.07) is 11.6. The van der Waals surface area contributed by atoms with Crippen molar-refractivity contribution in [1.29, 1.82) is 0 Å². The van der Waals surface area contributed by atoms with Crippen molar-refractivity contribution in [2.24, 2.45) is 7.05 Å². The Morgan fingerprint density at radius 2 is 2.04 bits per heavy atom. The number of fused-ring (bicyclic) bond motifs is 1. The van der Waals surface area contributed by atoms with E-state index in [9.17, 15) is 9.59 Å². The highest BCUT2D eigenvalue weighted by Gasteiger charge is 2.26. The molecule has 0 unspecified atom stereocenters. The molecule has 0 bridgehead atoms. The van der Waals surface area contributed by atoms with Gasteiger partial charge in [0.1, 0.15) is 5.69 Å². The number of hydrogen-bond donors (Lipinski definition) is 1. The van der Waals surface area contributed by atoms with Crippen LogP contribution in [0.15, 0.2) is 42.6 Å². The third-order valence-electron chi connectivity index (χ3n) is 4.49. The third-order valence-corrected chi connectivity index (χ3v) is 4.49. The van der Waals surface area contributed by atoms with Gasteiger partial charge in [0, 0.05) is 13.2 Å². The Balaban J connectivity index is 1.63. The average Bonchev–Trinajstić information content (AvgIpc) is 3.01. The van der Waals surface area contributed by atoms with Gasteiger partial charge in [0.15, 0.2) is 6.10 Å². The van der Waals surface area contributed by atoms with Crippen molar-refractivity contribution in [3.8, 4) is 0 Å². The maximum Gasteiger partial charge on any atom is 0.355 e. The quantitative estimate of drug-likeness (QED) is 0.879. The minimum absolute atomic E-state index is 0.0151. The van der Waals surface area contributed by atoms with Crippen molar-refractivity contribution in [3.63, 3.8) is 0 Å². The van der Waals surface area contributed by atoms with E-state index in [0.29, 0.717) is 5.69 Å². The molecule has 126 valence electrons. The van der Waals surface area contributed by atoms with Crippen LogP contribution < -0.4 is 5.32 Å². The molecule has 1 aliphatic carbocycles. The second kappa shape index (κ2) is 6.91. The number of benzene rings is 1. The van der Waals surface area contributed by atoms with Gasteiger partial charge in [-0.2, -0.15) is 0 Å². The molecule has 0 saturated heterocycles. The number of esters is 1. The van der Waals surface area contributed by atoms with Crippen LogP contribution in [0.1, 0.15) is 47.4 Å². The van der Waals surface area contributed by atoms with Crippen LogP contribution in [0.5, 0.6) is 0 Å². The van der Waals surface area contributed by atoms with Crippen LogP contribution in [0.2, 0.25) is 0 Å². The van der Waals surface area contributed by atoms with Gasteiger partial charge in [-0.05, 0) is 49.4 Å². The van der Waals surface area contributed by atoms with Gasteiger partial charge in [-0.25, -0.2) is 4.79 Å². The number of aromatic nitrogens is 1. The van der Waals surface area contributed by atoms with E-state index in [0.717, 1.165) is 24.8 Å². The Hall–Kier alpha value is -2.56. The fourth-order valence-electron chi connectivity index (χ4n) is 3.14. The fourth-order valence-corrected chi connectivity index (χ4v) is 3.14. The summed E-state index contributed by atoms with van der Waals surface area (Å²) in [5, 5.41) is 3.02. The lowest BCUT2D eigenvalue weighted by Crippen LogP contribution is -2.39. The van der Waals surface area contributed by atoms with Crippen LogP contribution in [0.25, 0.3) is 0 Å². The topological polar surface area (TPSA) is 60.3 Å². The smallest absolute Gasteiger partial charge is 0.355 e. The van der Waals surface area contributed by atoms with Crippen LogP contribution in [0, 0.1) is 0 Å². The first-order valence-electron chi connectivity index (χ1n) is 8.26. The first-order chi connectivity index (χ1) is 11.6. The number of rotatable bonds is 4. The average molecular weight is 326 g/mol. The fraction of sp³-hybridized carbons (Fsp3) is 0.368. The summed E-state index contributed by atoms with van der Waals surface area (Å²) in [5.74, 6) is -0.756. The number of nitrogens with zero attached hydrogens (tertiary/aromatic N) is 1. The summed E-state index contributed by atoms with van der Waals surface area (Å²) in [6.45, 7) is 1.60. The molecule has 1 heterocycles. The van der Waals surface area contributed by atoms with E-state index >= 15 is 0 Å². The molecule has 5 nitrogen and oxygen atoms in total.